The van der Waals surface area contributed by atoms with Gasteiger partial charge in [-0.1, -0.05) is 36.4 Å². The first-order chi connectivity index (χ1) is 9.18. The first-order valence-electron chi connectivity index (χ1n) is 6.39. The van der Waals surface area contributed by atoms with Gasteiger partial charge in [-0.2, -0.15) is 0 Å². The Bertz CT molecular complexity index is 707. The normalized spacial score (nSPS) is 12.8. The van der Waals surface area contributed by atoms with Crippen molar-refractivity contribution < 1.29 is 5.11 Å². The average Bonchev–Trinajstić information content (AvgIpc) is 2.86. The van der Waals surface area contributed by atoms with Crippen molar-refractivity contribution in [2.75, 3.05) is 0 Å². The number of hydrogen-bond acceptors (Lipinski definition) is 2. The van der Waals surface area contributed by atoms with Crippen molar-refractivity contribution in [1.29, 1.82) is 0 Å². The van der Waals surface area contributed by atoms with Gasteiger partial charge in [0.1, 0.15) is 6.10 Å². The molecule has 1 aromatic heterocycles. The quantitative estimate of drug-likeness (QED) is 0.720. The molecule has 1 N–H and O–H groups in total. The molecule has 0 aliphatic carbocycles. The summed E-state index contributed by atoms with van der Waals surface area (Å²) in [5, 5.41) is 14.1. The van der Waals surface area contributed by atoms with Crippen LogP contribution in [-0.4, -0.2) is 5.11 Å². The number of aliphatic hydroxyl groups is 1. The van der Waals surface area contributed by atoms with Gasteiger partial charge in [0.25, 0.3) is 0 Å². The summed E-state index contributed by atoms with van der Waals surface area (Å²) < 4.78 is 1.18. The van der Waals surface area contributed by atoms with E-state index in [0.29, 0.717) is 0 Å². The highest BCUT2D eigenvalue weighted by molar-refractivity contribution is 7.17. The van der Waals surface area contributed by atoms with Crippen molar-refractivity contribution in [3.05, 3.63) is 70.1 Å². The maximum absolute atomic E-state index is 10.8. The molecule has 0 aliphatic heterocycles. The van der Waals surface area contributed by atoms with Crippen molar-refractivity contribution in [2.45, 2.75) is 20.0 Å². The van der Waals surface area contributed by atoms with Gasteiger partial charge in [-0.25, -0.2) is 0 Å². The molecule has 2 heteroatoms. The molecule has 19 heavy (non-hydrogen) atoms. The zero-order valence-electron chi connectivity index (χ0n) is 11.1. The number of hydrogen-bond donors (Lipinski definition) is 1. The Hall–Kier alpha value is -1.64. The Kier molecular flexibility index (Phi) is 3.13. The summed E-state index contributed by atoms with van der Waals surface area (Å²) >= 11 is 1.69. The fourth-order valence-electron chi connectivity index (χ4n) is 2.65. The summed E-state index contributed by atoms with van der Waals surface area (Å²) in [6, 6.07) is 14.4. The van der Waals surface area contributed by atoms with Gasteiger partial charge in [0.05, 0.1) is 0 Å². The fraction of sp³-hybridized carbons (Fsp3) is 0.176. The molecule has 0 radical (unpaired) electrons. The van der Waals surface area contributed by atoms with Crippen LogP contribution in [0.4, 0.5) is 0 Å². The number of thiophene rings is 1. The monoisotopic (exact) mass is 268 g/mol. The first-order valence-corrected chi connectivity index (χ1v) is 7.27. The molecule has 3 rings (SSSR count). The van der Waals surface area contributed by atoms with Gasteiger partial charge in [0, 0.05) is 10.3 Å². The highest BCUT2D eigenvalue weighted by Crippen LogP contribution is 2.34. The summed E-state index contributed by atoms with van der Waals surface area (Å²) in [4.78, 5) is 0. The predicted octanol–water partition coefficient (Wildman–Crippen LogP) is 4.60. The van der Waals surface area contributed by atoms with E-state index in [4.69, 9.17) is 0 Å². The Morgan fingerprint density at radius 3 is 2.37 bits per heavy atom. The number of aliphatic hydroxyl groups excluding tert-OH is 1. The van der Waals surface area contributed by atoms with Gasteiger partial charge in [0.2, 0.25) is 0 Å². The lowest BCUT2D eigenvalue weighted by Gasteiger charge is -2.17. The van der Waals surface area contributed by atoms with Crippen molar-refractivity contribution in [3.63, 3.8) is 0 Å². The smallest absolute Gasteiger partial charge is 0.106 e. The van der Waals surface area contributed by atoms with Crippen LogP contribution in [0.2, 0.25) is 0 Å². The highest BCUT2D eigenvalue weighted by atomic mass is 32.1. The summed E-state index contributed by atoms with van der Waals surface area (Å²) in [5.41, 5.74) is 4.32. The molecule has 1 atom stereocenters. The van der Waals surface area contributed by atoms with Crippen LogP contribution in [-0.2, 0) is 0 Å². The van der Waals surface area contributed by atoms with Crippen LogP contribution in [0.3, 0.4) is 0 Å². The van der Waals surface area contributed by atoms with Crippen LogP contribution in [0.25, 0.3) is 10.1 Å². The Balaban J connectivity index is 2.19. The van der Waals surface area contributed by atoms with Crippen molar-refractivity contribution in [2.24, 2.45) is 0 Å². The second-order valence-electron chi connectivity index (χ2n) is 4.89. The van der Waals surface area contributed by atoms with Crippen LogP contribution < -0.4 is 0 Å². The predicted molar refractivity (Wildman–Crippen MR) is 81.8 cm³/mol. The van der Waals surface area contributed by atoms with Gasteiger partial charge < -0.3 is 5.11 Å². The fourth-order valence-corrected chi connectivity index (χ4v) is 3.58. The molecule has 3 aromatic rings. The van der Waals surface area contributed by atoms with E-state index < -0.39 is 6.10 Å². The second-order valence-corrected chi connectivity index (χ2v) is 5.81. The molecule has 0 amide bonds. The topological polar surface area (TPSA) is 20.2 Å². The largest absolute Gasteiger partial charge is 0.384 e. The molecule has 0 saturated heterocycles. The SMILES string of the molecule is Cc1cccc(C)c1C(O)c1cccc2ccsc12. The van der Waals surface area contributed by atoms with Crippen LogP contribution in [0.1, 0.15) is 28.4 Å². The molecular weight excluding hydrogens is 252 g/mol. The molecule has 0 fully saturated rings. The lowest BCUT2D eigenvalue weighted by atomic mass is 9.93. The molecule has 2 aromatic carbocycles. The Morgan fingerprint density at radius 2 is 1.63 bits per heavy atom. The van der Waals surface area contributed by atoms with E-state index in [2.05, 4.69) is 43.5 Å². The van der Waals surface area contributed by atoms with Gasteiger partial charge in [0.15, 0.2) is 0 Å². The maximum atomic E-state index is 10.8. The summed E-state index contributed by atoms with van der Waals surface area (Å²) in [5.74, 6) is 0. The Morgan fingerprint density at radius 1 is 0.947 bits per heavy atom. The highest BCUT2D eigenvalue weighted by Gasteiger charge is 2.17. The van der Waals surface area contributed by atoms with Crippen molar-refractivity contribution in [3.8, 4) is 0 Å². The number of fused-ring (bicyclic) bond motifs is 1. The van der Waals surface area contributed by atoms with Crippen LogP contribution >= 0.6 is 11.3 Å². The van der Waals surface area contributed by atoms with E-state index in [9.17, 15) is 5.11 Å². The third kappa shape index (κ3) is 2.07. The van der Waals surface area contributed by atoms with E-state index in [1.54, 1.807) is 11.3 Å². The minimum Gasteiger partial charge on any atom is -0.384 e. The van der Waals surface area contributed by atoms with Crippen molar-refractivity contribution >= 4 is 21.4 Å². The molecular formula is C17H16OS. The van der Waals surface area contributed by atoms with E-state index in [1.165, 1.54) is 10.1 Å². The van der Waals surface area contributed by atoms with Crippen molar-refractivity contribution in [1.82, 2.24) is 0 Å². The molecule has 0 aliphatic rings. The average molecular weight is 268 g/mol. The lowest BCUT2D eigenvalue weighted by molar-refractivity contribution is 0.220. The van der Waals surface area contributed by atoms with Crippen LogP contribution in [0, 0.1) is 13.8 Å². The summed E-state index contributed by atoms with van der Waals surface area (Å²) in [7, 11) is 0. The molecule has 1 unspecified atom stereocenters. The number of rotatable bonds is 2. The van der Waals surface area contributed by atoms with E-state index in [1.807, 2.05) is 18.2 Å². The minimum absolute atomic E-state index is 0.552. The number of aryl methyl sites for hydroxylation is 2. The van der Waals surface area contributed by atoms with Gasteiger partial charge in [-0.15, -0.1) is 11.3 Å². The first kappa shape index (κ1) is 12.4. The van der Waals surface area contributed by atoms with E-state index in [0.717, 1.165) is 22.3 Å². The summed E-state index contributed by atoms with van der Waals surface area (Å²) in [6.45, 7) is 4.11. The Labute approximate surface area is 117 Å². The third-order valence-corrected chi connectivity index (χ3v) is 4.60. The van der Waals surface area contributed by atoms with E-state index in [-0.39, 0.29) is 0 Å². The molecule has 0 spiro atoms. The van der Waals surface area contributed by atoms with Gasteiger partial charge in [-0.3, -0.25) is 0 Å². The molecule has 0 saturated carbocycles. The van der Waals surface area contributed by atoms with Gasteiger partial charge in [-0.05, 0) is 47.4 Å². The third-order valence-electron chi connectivity index (χ3n) is 3.62. The molecule has 1 nitrogen and oxygen atoms in total. The van der Waals surface area contributed by atoms with E-state index >= 15 is 0 Å². The molecule has 0 bridgehead atoms. The maximum Gasteiger partial charge on any atom is 0.106 e. The van der Waals surface area contributed by atoms with Gasteiger partial charge >= 0.3 is 0 Å². The van der Waals surface area contributed by atoms with Crippen LogP contribution in [0.5, 0.6) is 0 Å². The standard InChI is InChI=1S/C17H16OS/c1-11-5-3-6-12(2)15(11)16(18)14-8-4-7-13-9-10-19-17(13)14/h3-10,16,18H,1-2H3. The van der Waals surface area contributed by atoms with Crippen LogP contribution in [0.15, 0.2) is 47.8 Å². The minimum atomic E-state index is -0.552. The molecule has 1 heterocycles. The second kappa shape index (κ2) is 4.80. The zero-order valence-corrected chi connectivity index (χ0v) is 11.9. The number of benzene rings is 2. The zero-order chi connectivity index (χ0) is 13.4. The lowest BCUT2D eigenvalue weighted by Crippen LogP contribution is -2.04. The molecule has 96 valence electrons. The summed E-state index contributed by atoms with van der Waals surface area (Å²) in [6.07, 6.45) is -0.552.